The van der Waals surface area contributed by atoms with E-state index in [-0.39, 0.29) is 24.6 Å². The molecule has 1 saturated heterocycles. The monoisotopic (exact) mass is 399 g/mol. The molecule has 0 radical (unpaired) electrons. The number of nitrogens with zero attached hydrogens (tertiary/aromatic N) is 3. The number of amides is 2. The van der Waals surface area contributed by atoms with Crippen LogP contribution in [0.4, 0.5) is 4.39 Å². The van der Waals surface area contributed by atoms with Gasteiger partial charge in [-0.05, 0) is 29.8 Å². The van der Waals surface area contributed by atoms with Crippen LogP contribution in [0.1, 0.15) is 11.3 Å². The minimum atomic E-state index is -0.411. The molecule has 4 rings (SSSR count). The number of hydrogen-bond acceptors (Lipinski definition) is 6. The molecule has 2 amide bonds. The number of rotatable bonds is 6. The van der Waals surface area contributed by atoms with E-state index >= 15 is 0 Å². The first kappa shape index (κ1) is 19.4. The summed E-state index contributed by atoms with van der Waals surface area (Å²) in [5, 5.41) is 9.13. The fourth-order valence-corrected chi connectivity index (χ4v) is 3.77. The Kier molecular flexibility index (Phi) is 5.46. The van der Waals surface area contributed by atoms with Gasteiger partial charge in [-0.2, -0.15) is 0 Å². The van der Waals surface area contributed by atoms with Crippen molar-refractivity contribution in [1.29, 1.82) is 0 Å². The number of aliphatic hydroxyl groups excluding tert-OH is 1. The van der Waals surface area contributed by atoms with Crippen LogP contribution in [-0.2, 0) is 16.1 Å². The molecular weight excluding hydrogens is 377 g/mol. The lowest BCUT2D eigenvalue weighted by Gasteiger charge is -2.36. The van der Waals surface area contributed by atoms with E-state index in [1.165, 1.54) is 35.4 Å². The van der Waals surface area contributed by atoms with Gasteiger partial charge in [0.2, 0.25) is 0 Å². The number of piperazine rings is 1. The van der Waals surface area contributed by atoms with Gasteiger partial charge >= 0.3 is 0 Å². The molecule has 0 bridgehead atoms. The number of benzene rings is 1. The molecule has 0 unspecified atom stereocenters. The summed E-state index contributed by atoms with van der Waals surface area (Å²) in [6, 6.07) is 9.03. The van der Waals surface area contributed by atoms with E-state index in [9.17, 15) is 14.0 Å². The van der Waals surface area contributed by atoms with Crippen molar-refractivity contribution in [3.8, 4) is 0 Å². The summed E-state index contributed by atoms with van der Waals surface area (Å²) < 4.78 is 18.7. The lowest BCUT2D eigenvalue weighted by atomic mass is 10.0. The summed E-state index contributed by atoms with van der Waals surface area (Å²) in [5.41, 5.74) is 1.15. The number of β-amino-alcohol motifs (C(OH)–C–C–N with tert-alkyl or cyclic N) is 1. The second kappa shape index (κ2) is 8.18. The van der Waals surface area contributed by atoms with Crippen LogP contribution in [0.15, 0.2) is 52.8 Å². The molecule has 0 atom stereocenters. The van der Waals surface area contributed by atoms with Crippen LogP contribution in [0.2, 0.25) is 0 Å². The molecule has 8 heteroatoms. The molecule has 29 heavy (non-hydrogen) atoms. The third kappa shape index (κ3) is 3.81. The van der Waals surface area contributed by atoms with E-state index in [4.69, 9.17) is 9.52 Å². The van der Waals surface area contributed by atoms with Crippen molar-refractivity contribution in [1.82, 2.24) is 14.7 Å². The fourth-order valence-electron chi connectivity index (χ4n) is 3.77. The maximum Gasteiger partial charge on any atom is 0.278 e. The van der Waals surface area contributed by atoms with Gasteiger partial charge in [-0.3, -0.25) is 19.4 Å². The molecule has 7 nitrogen and oxygen atoms in total. The third-order valence-electron chi connectivity index (χ3n) is 5.28. The molecular formula is C21H22FN3O4. The first-order valence-electron chi connectivity index (χ1n) is 9.55. The first-order valence-corrected chi connectivity index (χ1v) is 9.55. The van der Waals surface area contributed by atoms with Gasteiger partial charge in [0.15, 0.2) is 0 Å². The summed E-state index contributed by atoms with van der Waals surface area (Å²) in [6.45, 7) is 3.19. The molecule has 3 heterocycles. The Morgan fingerprint density at radius 3 is 2.34 bits per heavy atom. The molecule has 2 aliphatic rings. The predicted octanol–water partition coefficient (Wildman–Crippen LogP) is 1.31. The van der Waals surface area contributed by atoms with Gasteiger partial charge in [-0.25, -0.2) is 4.39 Å². The zero-order valence-electron chi connectivity index (χ0n) is 15.9. The van der Waals surface area contributed by atoms with E-state index in [0.717, 1.165) is 0 Å². The number of imide groups is 1. The van der Waals surface area contributed by atoms with Crippen LogP contribution in [0.3, 0.4) is 0 Å². The highest BCUT2D eigenvalue weighted by Crippen LogP contribution is 2.33. The van der Waals surface area contributed by atoms with E-state index in [1.54, 1.807) is 12.1 Å². The van der Waals surface area contributed by atoms with Gasteiger partial charge in [-0.1, -0.05) is 12.1 Å². The van der Waals surface area contributed by atoms with Crippen molar-refractivity contribution in [2.24, 2.45) is 0 Å². The highest BCUT2D eigenvalue weighted by atomic mass is 19.1. The Morgan fingerprint density at radius 2 is 1.72 bits per heavy atom. The van der Waals surface area contributed by atoms with Gasteiger partial charge < -0.3 is 14.4 Å². The van der Waals surface area contributed by atoms with Crippen molar-refractivity contribution in [2.75, 3.05) is 39.3 Å². The smallest absolute Gasteiger partial charge is 0.278 e. The Balaban J connectivity index is 1.67. The maximum absolute atomic E-state index is 13.4. The summed E-state index contributed by atoms with van der Waals surface area (Å²) in [4.78, 5) is 31.6. The average molecular weight is 399 g/mol. The van der Waals surface area contributed by atoms with Crippen molar-refractivity contribution in [3.63, 3.8) is 0 Å². The van der Waals surface area contributed by atoms with Gasteiger partial charge in [-0.15, -0.1) is 0 Å². The lowest BCUT2D eigenvalue weighted by Crippen LogP contribution is -2.48. The minimum absolute atomic E-state index is 0.0450. The molecule has 0 saturated carbocycles. The van der Waals surface area contributed by atoms with Crippen molar-refractivity contribution >= 4 is 17.4 Å². The second-order valence-electron chi connectivity index (χ2n) is 7.06. The minimum Gasteiger partial charge on any atom is -0.467 e. The fraction of sp³-hybridized carbons (Fsp3) is 0.333. The van der Waals surface area contributed by atoms with Crippen molar-refractivity contribution < 1.29 is 23.5 Å². The van der Waals surface area contributed by atoms with Gasteiger partial charge in [0, 0.05) is 32.7 Å². The number of carbonyl (C=O) groups is 2. The normalized spacial score (nSPS) is 18.3. The second-order valence-corrected chi connectivity index (χ2v) is 7.06. The molecule has 2 aromatic rings. The molecule has 1 fully saturated rings. The van der Waals surface area contributed by atoms with Gasteiger partial charge in [0.05, 0.1) is 25.0 Å². The van der Waals surface area contributed by atoms with Crippen LogP contribution in [0.25, 0.3) is 5.57 Å². The zero-order chi connectivity index (χ0) is 20.4. The van der Waals surface area contributed by atoms with E-state index in [0.29, 0.717) is 49.7 Å². The molecule has 0 spiro atoms. The molecule has 2 aliphatic heterocycles. The largest absolute Gasteiger partial charge is 0.467 e. The van der Waals surface area contributed by atoms with Crippen LogP contribution in [0, 0.1) is 5.82 Å². The van der Waals surface area contributed by atoms with Gasteiger partial charge in [0.1, 0.15) is 17.3 Å². The van der Waals surface area contributed by atoms with Crippen LogP contribution in [-0.4, -0.2) is 71.0 Å². The molecule has 1 aromatic carbocycles. The van der Waals surface area contributed by atoms with Gasteiger partial charge in [0.25, 0.3) is 11.8 Å². The molecule has 1 aromatic heterocycles. The molecule has 0 aliphatic carbocycles. The quantitative estimate of drug-likeness (QED) is 0.738. The van der Waals surface area contributed by atoms with Crippen molar-refractivity contribution in [2.45, 2.75) is 6.54 Å². The number of carbonyl (C=O) groups excluding carboxylic acids is 2. The summed E-state index contributed by atoms with van der Waals surface area (Å²) in [5.74, 6) is -0.677. The highest BCUT2D eigenvalue weighted by Gasteiger charge is 2.42. The summed E-state index contributed by atoms with van der Waals surface area (Å²) >= 11 is 0. The number of aliphatic hydroxyl groups is 1. The SMILES string of the molecule is O=C1C(c2ccc(F)cc2)=C(N2CCN(CCO)CC2)C(=O)N1Cc1ccco1. The lowest BCUT2D eigenvalue weighted by molar-refractivity contribution is -0.138. The number of furan rings is 1. The Morgan fingerprint density at radius 1 is 1.00 bits per heavy atom. The van der Waals surface area contributed by atoms with Crippen LogP contribution < -0.4 is 0 Å². The zero-order valence-corrected chi connectivity index (χ0v) is 15.9. The topological polar surface area (TPSA) is 77.2 Å². The Hall–Kier alpha value is -2.97. The van der Waals surface area contributed by atoms with Crippen molar-refractivity contribution in [3.05, 3.63) is 65.5 Å². The number of halogens is 1. The van der Waals surface area contributed by atoms with Crippen LogP contribution >= 0.6 is 0 Å². The standard InChI is InChI=1S/C21H22FN3O4/c22-16-5-3-15(4-6-16)18-19(24-9-7-23(8-10-24)11-12-26)21(28)25(20(18)27)14-17-2-1-13-29-17/h1-6,13,26H,7-12,14H2. The first-order chi connectivity index (χ1) is 14.1. The Labute approximate surface area is 167 Å². The summed E-state index contributed by atoms with van der Waals surface area (Å²) in [7, 11) is 0. The van der Waals surface area contributed by atoms with E-state index < -0.39 is 11.7 Å². The molecule has 152 valence electrons. The highest BCUT2D eigenvalue weighted by molar-refractivity contribution is 6.35. The molecule has 1 N–H and O–H groups in total. The summed E-state index contributed by atoms with van der Waals surface area (Å²) in [6.07, 6.45) is 1.50. The van der Waals surface area contributed by atoms with Crippen LogP contribution in [0.5, 0.6) is 0 Å². The van der Waals surface area contributed by atoms with E-state index in [1.807, 2.05) is 4.90 Å². The Bertz CT molecular complexity index is 916. The van der Waals surface area contributed by atoms with E-state index in [2.05, 4.69) is 4.90 Å². The average Bonchev–Trinajstić information content (AvgIpc) is 3.32. The third-order valence-corrected chi connectivity index (χ3v) is 5.28. The maximum atomic E-state index is 13.4. The number of hydrogen-bond donors (Lipinski definition) is 1. The predicted molar refractivity (Wildman–Crippen MR) is 103 cm³/mol.